The van der Waals surface area contributed by atoms with Crippen LogP contribution in [-0.4, -0.2) is 28.4 Å². The van der Waals surface area contributed by atoms with Gasteiger partial charge in [0.2, 0.25) is 0 Å². The Bertz CT molecular complexity index is 942. The molecule has 2 aromatic heterocycles. The second kappa shape index (κ2) is 8.31. The van der Waals surface area contributed by atoms with Gasteiger partial charge >= 0.3 is 6.09 Å². The molecule has 0 atom stereocenters. The molecule has 7 nitrogen and oxygen atoms in total. The number of anilines is 1. The first kappa shape index (κ1) is 19.7. The third-order valence-electron chi connectivity index (χ3n) is 3.83. The zero-order valence-corrected chi connectivity index (χ0v) is 16.6. The smallest absolute Gasteiger partial charge is 0.412 e. The predicted octanol–water partition coefficient (Wildman–Crippen LogP) is 4.41. The Morgan fingerprint density at radius 1 is 1.11 bits per heavy atom. The van der Waals surface area contributed by atoms with Crippen LogP contribution in [0.15, 0.2) is 48.7 Å². The quantitative estimate of drug-likeness (QED) is 0.683. The third kappa shape index (κ3) is 5.47. The molecule has 0 radical (unpaired) electrons. The number of amides is 1. The molecule has 0 saturated heterocycles. The fraction of sp³-hybridized carbons (Fsp3) is 0.333. The van der Waals surface area contributed by atoms with Crippen LogP contribution in [0.25, 0.3) is 5.52 Å². The van der Waals surface area contributed by atoms with Crippen molar-refractivity contribution < 1.29 is 19.0 Å². The summed E-state index contributed by atoms with van der Waals surface area (Å²) in [4.78, 5) is 11.9. The Kier molecular flexibility index (Phi) is 5.84. The Balaban J connectivity index is 1.58. The molecule has 0 saturated carbocycles. The van der Waals surface area contributed by atoms with E-state index in [1.807, 2.05) is 63.2 Å². The van der Waals surface area contributed by atoms with Crippen molar-refractivity contribution in [1.82, 2.24) is 9.61 Å². The number of pyridine rings is 1. The molecule has 0 aliphatic rings. The lowest BCUT2D eigenvalue weighted by molar-refractivity contribution is 0.0636. The number of carbonyl (C=O) groups is 1. The molecule has 0 unspecified atom stereocenters. The maximum absolute atomic E-state index is 11.9. The van der Waals surface area contributed by atoms with Crippen molar-refractivity contribution in [2.24, 2.45) is 0 Å². The van der Waals surface area contributed by atoms with E-state index in [1.165, 1.54) is 0 Å². The lowest BCUT2D eigenvalue weighted by atomic mass is 10.2. The summed E-state index contributed by atoms with van der Waals surface area (Å²) in [5.41, 5.74) is 2.85. The van der Waals surface area contributed by atoms with E-state index in [2.05, 4.69) is 10.4 Å². The number of methoxy groups -OCH3 is 1. The molecule has 3 rings (SSSR count). The van der Waals surface area contributed by atoms with E-state index in [0.717, 1.165) is 22.5 Å². The molecule has 0 fully saturated rings. The van der Waals surface area contributed by atoms with Crippen LogP contribution in [0.4, 0.5) is 10.5 Å². The number of aromatic nitrogens is 2. The van der Waals surface area contributed by atoms with Crippen LogP contribution in [0.2, 0.25) is 0 Å². The molecule has 0 aliphatic carbocycles. The van der Waals surface area contributed by atoms with Gasteiger partial charge in [-0.25, -0.2) is 9.31 Å². The summed E-state index contributed by atoms with van der Waals surface area (Å²) < 4.78 is 17.9. The Morgan fingerprint density at radius 2 is 1.86 bits per heavy atom. The molecular formula is C21H25N3O4. The van der Waals surface area contributed by atoms with Crippen LogP contribution >= 0.6 is 0 Å². The predicted molar refractivity (Wildman–Crippen MR) is 107 cm³/mol. The summed E-state index contributed by atoms with van der Waals surface area (Å²) in [6, 6.07) is 13.4. The summed E-state index contributed by atoms with van der Waals surface area (Å²) in [5, 5.41) is 7.20. The summed E-state index contributed by atoms with van der Waals surface area (Å²) >= 11 is 0. The number of fused-ring (bicyclic) bond motifs is 1. The Labute approximate surface area is 164 Å². The van der Waals surface area contributed by atoms with Crippen LogP contribution in [0.3, 0.4) is 0 Å². The first-order valence-corrected chi connectivity index (χ1v) is 9.01. The maximum Gasteiger partial charge on any atom is 0.412 e. The molecule has 0 spiro atoms. The van der Waals surface area contributed by atoms with Gasteiger partial charge < -0.3 is 14.2 Å². The third-order valence-corrected chi connectivity index (χ3v) is 3.83. The average molecular weight is 383 g/mol. The SMILES string of the molecule is COc1ccc(COCc2cc3ccc(NC(=O)OC(C)(C)C)cn3n2)cc1. The Morgan fingerprint density at radius 3 is 2.54 bits per heavy atom. The fourth-order valence-corrected chi connectivity index (χ4v) is 2.60. The number of rotatable bonds is 6. The van der Waals surface area contributed by atoms with E-state index in [9.17, 15) is 4.79 Å². The summed E-state index contributed by atoms with van der Waals surface area (Å²) in [5.74, 6) is 0.819. The number of carbonyl (C=O) groups excluding carboxylic acids is 1. The molecule has 2 heterocycles. The van der Waals surface area contributed by atoms with Crippen LogP contribution < -0.4 is 10.1 Å². The second-order valence-corrected chi connectivity index (χ2v) is 7.39. The van der Waals surface area contributed by atoms with E-state index in [-0.39, 0.29) is 0 Å². The number of ether oxygens (including phenoxy) is 3. The van der Waals surface area contributed by atoms with E-state index < -0.39 is 11.7 Å². The molecular weight excluding hydrogens is 358 g/mol. The van der Waals surface area contributed by atoms with E-state index in [1.54, 1.807) is 17.8 Å². The highest BCUT2D eigenvalue weighted by Crippen LogP contribution is 2.16. The number of nitrogens with zero attached hydrogens (tertiary/aromatic N) is 2. The summed E-state index contributed by atoms with van der Waals surface area (Å²) in [7, 11) is 1.64. The van der Waals surface area contributed by atoms with Crippen molar-refractivity contribution in [2.75, 3.05) is 12.4 Å². The maximum atomic E-state index is 11.9. The fourth-order valence-electron chi connectivity index (χ4n) is 2.60. The average Bonchev–Trinajstić information content (AvgIpc) is 3.02. The van der Waals surface area contributed by atoms with E-state index in [4.69, 9.17) is 14.2 Å². The van der Waals surface area contributed by atoms with Gasteiger partial charge in [-0.05, 0) is 56.7 Å². The van der Waals surface area contributed by atoms with Gasteiger partial charge in [0.15, 0.2) is 0 Å². The minimum Gasteiger partial charge on any atom is -0.497 e. The van der Waals surface area contributed by atoms with Crippen LogP contribution in [-0.2, 0) is 22.7 Å². The van der Waals surface area contributed by atoms with Gasteiger partial charge in [0.05, 0.1) is 43.4 Å². The van der Waals surface area contributed by atoms with Gasteiger partial charge in [0.1, 0.15) is 11.4 Å². The minimum absolute atomic E-state index is 0.391. The number of hydrogen-bond donors (Lipinski definition) is 1. The van der Waals surface area contributed by atoms with Gasteiger partial charge in [-0.3, -0.25) is 5.32 Å². The van der Waals surface area contributed by atoms with Crippen molar-refractivity contribution in [3.05, 3.63) is 59.9 Å². The highest BCUT2D eigenvalue weighted by molar-refractivity contribution is 5.84. The van der Waals surface area contributed by atoms with Gasteiger partial charge in [-0.1, -0.05) is 12.1 Å². The second-order valence-electron chi connectivity index (χ2n) is 7.39. The summed E-state index contributed by atoms with van der Waals surface area (Å²) in [6.07, 6.45) is 1.24. The van der Waals surface area contributed by atoms with E-state index >= 15 is 0 Å². The monoisotopic (exact) mass is 383 g/mol. The lowest BCUT2D eigenvalue weighted by Gasteiger charge is -2.19. The van der Waals surface area contributed by atoms with Gasteiger partial charge in [0.25, 0.3) is 0 Å². The Hall–Kier alpha value is -3.06. The van der Waals surface area contributed by atoms with Crippen molar-refractivity contribution in [3.63, 3.8) is 0 Å². The molecule has 1 aromatic carbocycles. The normalized spacial score (nSPS) is 11.4. The van der Waals surface area contributed by atoms with Crippen molar-refractivity contribution >= 4 is 17.3 Å². The van der Waals surface area contributed by atoms with Crippen molar-refractivity contribution in [3.8, 4) is 5.75 Å². The number of hydrogen-bond acceptors (Lipinski definition) is 5. The molecule has 0 aliphatic heterocycles. The van der Waals surface area contributed by atoms with Crippen molar-refractivity contribution in [2.45, 2.75) is 39.6 Å². The number of nitrogens with one attached hydrogen (secondary N) is 1. The van der Waals surface area contributed by atoms with Crippen molar-refractivity contribution in [1.29, 1.82) is 0 Å². The highest BCUT2D eigenvalue weighted by atomic mass is 16.6. The zero-order valence-electron chi connectivity index (χ0n) is 16.6. The summed E-state index contributed by atoms with van der Waals surface area (Å²) in [6.45, 7) is 6.34. The number of benzene rings is 1. The lowest BCUT2D eigenvalue weighted by Crippen LogP contribution is -2.27. The van der Waals surface area contributed by atoms with Gasteiger partial charge in [-0.15, -0.1) is 0 Å². The molecule has 7 heteroatoms. The van der Waals surface area contributed by atoms with E-state index in [0.29, 0.717) is 18.9 Å². The minimum atomic E-state index is -0.547. The standard InChI is InChI=1S/C21H25N3O4/c1-21(2,3)28-20(25)22-16-7-8-18-11-17(23-24(18)12-16)14-27-13-15-5-9-19(26-4)10-6-15/h5-12H,13-14H2,1-4H3,(H,22,25). The topological polar surface area (TPSA) is 74.1 Å². The van der Waals surface area contributed by atoms with Gasteiger partial charge in [0, 0.05) is 0 Å². The first-order valence-electron chi connectivity index (χ1n) is 9.01. The van der Waals surface area contributed by atoms with Gasteiger partial charge in [-0.2, -0.15) is 5.10 Å². The molecule has 3 aromatic rings. The molecule has 0 bridgehead atoms. The molecule has 28 heavy (non-hydrogen) atoms. The largest absolute Gasteiger partial charge is 0.497 e. The zero-order chi connectivity index (χ0) is 20.1. The molecule has 1 N–H and O–H groups in total. The van der Waals surface area contributed by atoms with Crippen LogP contribution in [0, 0.1) is 0 Å². The highest BCUT2D eigenvalue weighted by Gasteiger charge is 2.16. The molecule has 1 amide bonds. The van der Waals surface area contributed by atoms with Crippen LogP contribution in [0.5, 0.6) is 5.75 Å². The first-order chi connectivity index (χ1) is 13.3. The molecule has 148 valence electrons. The van der Waals surface area contributed by atoms with Crippen LogP contribution in [0.1, 0.15) is 32.0 Å².